The Labute approximate surface area is 102 Å². The minimum Gasteiger partial charge on any atom is -0.219 e. The monoisotopic (exact) mass is 259 g/mol. The van der Waals surface area contributed by atoms with E-state index in [0.29, 0.717) is 0 Å². The Morgan fingerprint density at radius 1 is 1.19 bits per heavy atom. The van der Waals surface area contributed by atoms with Crippen LogP contribution in [0.1, 0.15) is 5.56 Å². The summed E-state index contributed by atoms with van der Waals surface area (Å²) >= 11 is 11.7. The number of halogens is 4. The van der Waals surface area contributed by atoms with Crippen LogP contribution in [0.5, 0.6) is 0 Å². The van der Waals surface area contributed by atoms with Crippen molar-refractivity contribution in [3.8, 4) is 0 Å². The number of alkyl halides is 3. The molecular formula is C12H7Cl2F2. The van der Waals surface area contributed by atoms with E-state index < -0.39 is 15.8 Å². The fourth-order valence-corrected chi connectivity index (χ4v) is 2.06. The first-order valence-electron chi connectivity index (χ1n) is 4.57. The maximum Gasteiger partial charge on any atom is 0.229 e. The van der Waals surface area contributed by atoms with Crippen molar-refractivity contribution in [1.82, 2.24) is 0 Å². The molecular weight excluding hydrogens is 253 g/mol. The first-order valence-corrected chi connectivity index (χ1v) is 5.33. The summed E-state index contributed by atoms with van der Waals surface area (Å²) < 4.78 is 27.7. The first kappa shape index (κ1) is 11.6. The van der Waals surface area contributed by atoms with E-state index in [4.69, 9.17) is 23.2 Å². The third kappa shape index (κ3) is 1.66. The van der Waals surface area contributed by atoms with Gasteiger partial charge in [0.1, 0.15) is 10.7 Å². The minimum absolute atomic E-state index is 0.00293. The van der Waals surface area contributed by atoms with Gasteiger partial charge in [-0.1, -0.05) is 42.0 Å². The van der Waals surface area contributed by atoms with Gasteiger partial charge in [0.2, 0.25) is 5.13 Å². The minimum atomic E-state index is -2.40. The molecule has 1 aliphatic carbocycles. The van der Waals surface area contributed by atoms with E-state index in [1.165, 1.54) is 30.4 Å². The fraction of sp³-hybridized carbons (Fsp3) is 0.167. The van der Waals surface area contributed by atoms with Crippen LogP contribution in [0.2, 0.25) is 0 Å². The molecule has 0 saturated carbocycles. The highest BCUT2D eigenvalue weighted by atomic mass is 35.5. The summed E-state index contributed by atoms with van der Waals surface area (Å²) in [7, 11) is 0. The summed E-state index contributed by atoms with van der Waals surface area (Å²) in [6, 6.07) is 5.69. The van der Waals surface area contributed by atoms with Gasteiger partial charge in [0.15, 0.2) is 0 Å². The Kier molecular flexibility index (Phi) is 2.81. The molecule has 1 radical (unpaired) electrons. The molecule has 0 nitrogen and oxygen atoms in total. The van der Waals surface area contributed by atoms with Gasteiger partial charge >= 0.3 is 0 Å². The van der Waals surface area contributed by atoms with Gasteiger partial charge in [0.25, 0.3) is 0 Å². The predicted molar refractivity (Wildman–Crippen MR) is 60.6 cm³/mol. The summed E-state index contributed by atoms with van der Waals surface area (Å²) in [5.41, 5.74) is 0.00293. The van der Waals surface area contributed by atoms with Crippen molar-refractivity contribution in [1.29, 1.82) is 0 Å². The summed E-state index contributed by atoms with van der Waals surface area (Å²) in [6.45, 7) is 0. The molecule has 83 valence electrons. The number of benzene rings is 1. The summed E-state index contributed by atoms with van der Waals surface area (Å²) in [6.07, 6.45) is 6.19. The van der Waals surface area contributed by atoms with Crippen LogP contribution < -0.4 is 0 Å². The van der Waals surface area contributed by atoms with Gasteiger partial charge in [-0.15, -0.1) is 11.6 Å². The van der Waals surface area contributed by atoms with Crippen molar-refractivity contribution >= 4 is 23.2 Å². The van der Waals surface area contributed by atoms with E-state index in [0.717, 1.165) is 6.08 Å². The average molecular weight is 260 g/mol. The third-order valence-corrected chi connectivity index (χ3v) is 3.53. The largest absolute Gasteiger partial charge is 0.229 e. The molecule has 0 heterocycles. The lowest BCUT2D eigenvalue weighted by Gasteiger charge is -2.34. The van der Waals surface area contributed by atoms with E-state index >= 15 is 0 Å². The maximum absolute atomic E-state index is 14.1. The Morgan fingerprint density at radius 3 is 2.50 bits per heavy atom. The Morgan fingerprint density at radius 2 is 1.88 bits per heavy atom. The van der Waals surface area contributed by atoms with Gasteiger partial charge < -0.3 is 0 Å². The lowest BCUT2D eigenvalue weighted by Crippen LogP contribution is -2.38. The van der Waals surface area contributed by atoms with Crippen LogP contribution in [0.15, 0.2) is 42.5 Å². The van der Waals surface area contributed by atoms with Crippen molar-refractivity contribution in [2.24, 2.45) is 0 Å². The number of rotatable bonds is 1. The normalized spacial score (nSPS) is 33.0. The standard InChI is InChI=1S/C12H7Cl2F2/c13-11(7-3-4-8-12(11,14)16)9-5-1-2-6-10(9)15/h1-3,5-8H. The molecule has 16 heavy (non-hydrogen) atoms. The summed E-state index contributed by atoms with van der Waals surface area (Å²) in [5, 5.41) is -2.40. The van der Waals surface area contributed by atoms with Gasteiger partial charge in [0, 0.05) is 5.56 Å². The Balaban J connectivity index is 2.59. The number of hydrogen-bond acceptors (Lipinski definition) is 0. The molecule has 1 aromatic carbocycles. The second kappa shape index (κ2) is 3.86. The van der Waals surface area contributed by atoms with E-state index in [9.17, 15) is 8.78 Å². The second-order valence-corrected chi connectivity index (χ2v) is 4.61. The van der Waals surface area contributed by atoms with Gasteiger partial charge in [-0.2, -0.15) is 0 Å². The lowest BCUT2D eigenvalue weighted by atomic mass is 9.89. The van der Waals surface area contributed by atoms with Crippen LogP contribution in [0.25, 0.3) is 0 Å². The topological polar surface area (TPSA) is 0 Å². The Bertz CT molecular complexity index is 466. The molecule has 0 saturated heterocycles. The quantitative estimate of drug-likeness (QED) is 0.667. The maximum atomic E-state index is 14.1. The predicted octanol–water partition coefficient (Wildman–Crippen LogP) is 4.09. The average Bonchev–Trinajstić information content (AvgIpc) is 2.23. The SMILES string of the molecule is Fc1ccccc1C1(Cl)C=C[C]=CC1(F)Cl. The van der Waals surface area contributed by atoms with E-state index in [1.807, 2.05) is 0 Å². The van der Waals surface area contributed by atoms with Gasteiger partial charge in [-0.25, -0.2) is 8.78 Å². The molecule has 0 aromatic heterocycles. The molecule has 1 aliphatic rings. The number of hydrogen-bond donors (Lipinski definition) is 0. The van der Waals surface area contributed by atoms with Crippen molar-refractivity contribution in [3.05, 3.63) is 60.0 Å². The highest BCUT2D eigenvalue weighted by Crippen LogP contribution is 2.49. The molecule has 2 atom stereocenters. The van der Waals surface area contributed by atoms with Gasteiger partial charge in [-0.05, 0) is 18.2 Å². The molecule has 0 aliphatic heterocycles. The number of allylic oxidation sites excluding steroid dienone is 4. The molecule has 4 heteroatoms. The second-order valence-electron chi connectivity index (χ2n) is 3.46. The zero-order chi connectivity index (χ0) is 11.8. The summed E-state index contributed by atoms with van der Waals surface area (Å²) in [4.78, 5) is -1.74. The van der Waals surface area contributed by atoms with Crippen LogP contribution in [0.3, 0.4) is 0 Å². The van der Waals surface area contributed by atoms with Crippen LogP contribution in [0.4, 0.5) is 8.78 Å². The molecule has 0 bridgehead atoms. The molecule has 1 aromatic rings. The zero-order valence-corrected chi connectivity index (χ0v) is 9.57. The molecule has 2 unspecified atom stereocenters. The van der Waals surface area contributed by atoms with Crippen molar-refractivity contribution in [3.63, 3.8) is 0 Å². The highest BCUT2D eigenvalue weighted by Gasteiger charge is 2.50. The van der Waals surface area contributed by atoms with Crippen LogP contribution in [-0.4, -0.2) is 5.13 Å². The van der Waals surface area contributed by atoms with Gasteiger partial charge in [-0.3, -0.25) is 0 Å². The molecule has 0 fully saturated rings. The Hall–Kier alpha value is -0.860. The molecule has 0 N–H and O–H groups in total. The highest BCUT2D eigenvalue weighted by molar-refractivity contribution is 6.36. The van der Waals surface area contributed by atoms with Crippen LogP contribution >= 0.6 is 23.2 Å². The van der Waals surface area contributed by atoms with E-state index in [2.05, 4.69) is 6.08 Å². The molecule has 2 rings (SSSR count). The van der Waals surface area contributed by atoms with Crippen molar-refractivity contribution in [2.45, 2.75) is 10.0 Å². The van der Waals surface area contributed by atoms with E-state index in [1.54, 1.807) is 6.07 Å². The van der Waals surface area contributed by atoms with Crippen LogP contribution in [-0.2, 0) is 4.87 Å². The smallest absolute Gasteiger partial charge is 0.219 e. The third-order valence-electron chi connectivity index (χ3n) is 2.42. The summed E-state index contributed by atoms with van der Waals surface area (Å²) in [5.74, 6) is -0.597. The van der Waals surface area contributed by atoms with Crippen molar-refractivity contribution in [2.75, 3.05) is 0 Å². The molecule has 0 spiro atoms. The zero-order valence-electron chi connectivity index (χ0n) is 8.05. The fourth-order valence-electron chi connectivity index (χ4n) is 1.56. The molecule has 0 amide bonds. The van der Waals surface area contributed by atoms with Crippen molar-refractivity contribution < 1.29 is 8.78 Å². The van der Waals surface area contributed by atoms with Crippen LogP contribution in [0, 0.1) is 11.9 Å². The first-order chi connectivity index (χ1) is 7.47. The van der Waals surface area contributed by atoms with E-state index in [-0.39, 0.29) is 5.56 Å². The van der Waals surface area contributed by atoms with Gasteiger partial charge in [0.05, 0.1) is 0 Å². The lowest BCUT2D eigenvalue weighted by molar-refractivity contribution is 0.284.